The standard InChI is InChI=1S/C26H46N6O3/c27-24(33)17-8-12-31(13-9-17)23-15-19(7-10-28-23)25-29-26(35-30-25)21-5-3-11-32(21)16-20-14-18-4-1-2-6-22(18)34-20/h17-23,25-26,28-30H,1-16H2,(H2,27,33)/p+1/t18?,19?,20?,21-,22?,23?,25?,26?/m0/s1. The van der Waals surface area contributed by atoms with E-state index in [-0.39, 0.29) is 24.2 Å². The molecular weight excluding hydrogens is 444 g/mol. The molecule has 6 N–H and O–H groups in total. The quantitative estimate of drug-likeness (QED) is 0.416. The van der Waals surface area contributed by atoms with Gasteiger partial charge in [0.25, 0.3) is 0 Å². The van der Waals surface area contributed by atoms with Crippen LogP contribution in [0.1, 0.15) is 70.6 Å². The third kappa shape index (κ3) is 5.42. The molecule has 9 heteroatoms. The lowest BCUT2D eigenvalue weighted by molar-refractivity contribution is -0.720. The number of carbonyl (C=O) groups excluding carboxylic acids is 1. The SMILES string of the molecule is NC(=O)C1CCN(C2CC(C3NOC([C@@H]4CCCN4CC4CC5CCCCC5O4)N3)CC[NH2+]2)CC1. The Morgan fingerprint density at radius 1 is 0.971 bits per heavy atom. The summed E-state index contributed by atoms with van der Waals surface area (Å²) in [4.78, 5) is 22.9. The summed E-state index contributed by atoms with van der Waals surface area (Å²) in [5.74, 6) is 1.29. The van der Waals surface area contributed by atoms with Gasteiger partial charge in [-0.3, -0.25) is 24.7 Å². The number of quaternary nitrogens is 1. The third-order valence-electron chi connectivity index (χ3n) is 10.0. The van der Waals surface area contributed by atoms with Gasteiger partial charge in [-0.2, -0.15) is 5.48 Å². The van der Waals surface area contributed by atoms with E-state index in [1.54, 1.807) is 0 Å². The number of ether oxygens (including phenoxy) is 1. The minimum atomic E-state index is -0.128. The number of hydrogen-bond donors (Lipinski definition) is 4. The number of amides is 1. The summed E-state index contributed by atoms with van der Waals surface area (Å²) in [6, 6.07) is 0.428. The van der Waals surface area contributed by atoms with E-state index in [1.807, 2.05) is 0 Å². The summed E-state index contributed by atoms with van der Waals surface area (Å²) in [6.45, 7) is 5.33. The Morgan fingerprint density at radius 2 is 1.83 bits per heavy atom. The number of rotatable bonds is 6. The highest BCUT2D eigenvalue weighted by Gasteiger charge is 2.44. The first-order valence-electron chi connectivity index (χ1n) is 14.6. The van der Waals surface area contributed by atoms with E-state index in [0.717, 1.165) is 57.9 Å². The lowest BCUT2D eigenvalue weighted by atomic mass is 9.85. The number of primary amides is 1. The van der Waals surface area contributed by atoms with Crippen LogP contribution in [0.2, 0.25) is 0 Å². The van der Waals surface area contributed by atoms with Crippen LogP contribution in [0.25, 0.3) is 0 Å². The van der Waals surface area contributed by atoms with E-state index in [2.05, 4.69) is 25.9 Å². The van der Waals surface area contributed by atoms with Crippen LogP contribution in [0, 0.1) is 17.8 Å². The molecule has 35 heavy (non-hydrogen) atoms. The fourth-order valence-electron chi connectivity index (χ4n) is 8.02. The minimum Gasteiger partial charge on any atom is -0.373 e. The van der Waals surface area contributed by atoms with Crippen molar-refractivity contribution in [3.63, 3.8) is 0 Å². The highest BCUT2D eigenvalue weighted by Crippen LogP contribution is 2.38. The summed E-state index contributed by atoms with van der Waals surface area (Å²) in [5.41, 5.74) is 8.93. The van der Waals surface area contributed by atoms with Gasteiger partial charge in [-0.15, -0.1) is 0 Å². The molecule has 1 amide bonds. The molecule has 1 aliphatic carbocycles. The van der Waals surface area contributed by atoms with Crippen molar-refractivity contribution in [3.8, 4) is 0 Å². The predicted molar refractivity (Wildman–Crippen MR) is 132 cm³/mol. The Balaban J connectivity index is 0.992. The zero-order valence-corrected chi connectivity index (χ0v) is 21.3. The van der Waals surface area contributed by atoms with Crippen molar-refractivity contribution in [2.24, 2.45) is 23.5 Å². The Hall–Kier alpha value is -0.810. The summed E-state index contributed by atoms with van der Waals surface area (Å²) < 4.78 is 6.49. The van der Waals surface area contributed by atoms with Crippen LogP contribution >= 0.6 is 0 Å². The molecule has 9 nitrogen and oxygen atoms in total. The van der Waals surface area contributed by atoms with Crippen LogP contribution in [0.4, 0.5) is 0 Å². The largest absolute Gasteiger partial charge is 0.373 e. The molecular formula is C26H47N6O3+. The fraction of sp³-hybridized carbons (Fsp3) is 0.962. The maximum absolute atomic E-state index is 11.5. The molecule has 198 valence electrons. The number of hydrogen-bond acceptors (Lipinski definition) is 7. The van der Waals surface area contributed by atoms with Crippen LogP contribution in [0.15, 0.2) is 0 Å². The second kappa shape index (κ2) is 10.9. The molecule has 5 heterocycles. The van der Waals surface area contributed by atoms with Gasteiger partial charge in [0, 0.05) is 44.3 Å². The number of nitrogens with two attached hydrogens (primary N) is 2. The lowest BCUT2D eigenvalue weighted by Crippen LogP contribution is -2.95. The fourth-order valence-corrected chi connectivity index (χ4v) is 8.02. The van der Waals surface area contributed by atoms with Gasteiger partial charge in [-0.05, 0) is 57.4 Å². The maximum atomic E-state index is 11.5. The van der Waals surface area contributed by atoms with Crippen molar-refractivity contribution in [2.75, 3.05) is 32.7 Å². The van der Waals surface area contributed by atoms with Gasteiger partial charge in [0.2, 0.25) is 5.91 Å². The average molecular weight is 492 g/mol. The molecule has 5 saturated heterocycles. The smallest absolute Gasteiger partial charge is 0.220 e. The average Bonchev–Trinajstić information content (AvgIpc) is 3.63. The van der Waals surface area contributed by atoms with Crippen molar-refractivity contribution < 1.29 is 19.7 Å². The molecule has 0 radical (unpaired) electrons. The highest BCUT2D eigenvalue weighted by molar-refractivity contribution is 5.76. The number of carbonyl (C=O) groups is 1. The van der Waals surface area contributed by atoms with Gasteiger partial charge in [0.1, 0.15) is 12.4 Å². The van der Waals surface area contributed by atoms with E-state index >= 15 is 0 Å². The molecule has 6 rings (SSSR count). The Kier molecular flexibility index (Phi) is 7.63. The summed E-state index contributed by atoms with van der Waals surface area (Å²) in [7, 11) is 0. The van der Waals surface area contributed by atoms with E-state index in [4.69, 9.17) is 15.3 Å². The Labute approximate surface area is 210 Å². The predicted octanol–water partition coefficient (Wildman–Crippen LogP) is 0.0719. The first kappa shape index (κ1) is 24.5. The topological polar surface area (TPSA) is 109 Å². The van der Waals surface area contributed by atoms with E-state index in [9.17, 15) is 4.79 Å². The Morgan fingerprint density at radius 3 is 2.66 bits per heavy atom. The van der Waals surface area contributed by atoms with Crippen LogP contribution in [0.5, 0.6) is 0 Å². The maximum Gasteiger partial charge on any atom is 0.220 e. The molecule has 6 aliphatic rings. The van der Waals surface area contributed by atoms with E-state index < -0.39 is 0 Å². The first-order valence-corrected chi connectivity index (χ1v) is 14.6. The molecule has 0 aromatic carbocycles. The van der Waals surface area contributed by atoms with E-state index in [1.165, 1.54) is 51.4 Å². The number of nitrogens with one attached hydrogen (secondary N) is 2. The van der Waals surface area contributed by atoms with Gasteiger partial charge in [0.05, 0.1) is 31.0 Å². The van der Waals surface area contributed by atoms with Crippen molar-refractivity contribution in [3.05, 3.63) is 0 Å². The second-order valence-electron chi connectivity index (χ2n) is 12.2. The van der Waals surface area contributed by atoms with Gasteiger partial charge in [-0.1, -0.05) is 12.8 Å². The van der Waals surface area contributed by atoms with Gasteiger partial charge >= 0.3 is 0 Å². The molecule has 8 atom stereocenters. The summed E-state index contributed by atoms with van der Waals surface area (Å²) in [5, 5.41) is 6.34. The van der Waals surface area contributed by atoms with Gasteiger partial charge < -0.3 is 15.8 Å². The summed E-state index contributed by atoms with van der Waals surface area (Å²) >= 11 is 0. The zero-order valence-electron chi connectivity index (χ0n) is 21.3. The first-order chi connectivity index (χ1) is 17.1. The van der Waals surface area contributed by atoms with Crippen LogP contribution < -0.4 is 21.8 Å². The number of hydroxylamine groups is 1. The van der Waals surface area contributed by atoms with Crippen molar-refractivity contribution in [1.82, 2.24) is 20.6 Å². The molecule has 0 aromatic heterocycles. The number of fused-ring (bicyclic) bond motifs is 1. The molecule has 0 aromatic rings. The molecule has 0 spiro atoms. The van der Waals surface area contributed by atoms with Crippen LogP contribution in [-0.4, -0.2) is 85.2 Å². The highest BCUT2D eigenvalue weighted by atomic mass is 16.7. The van der Waals surface area contributed by atoms with Crippen molar-refractivity contribution >= 4 is 5.91 Å². The summed E-state index contributed by atoms with van der Waals surface area (Å²) in [6.07, 6.45) is 14.9. The normalized spacial score (nSPS) is 44.0. The van der Waals surface area contributed by atoms with E-state index in [0.29, 0.717) is 30.3 Å². The molecule has 5 aliphatic heterocycles. The lowest BCUT2D eigenvalue weighted by Gasteiger charge is -2.39. The molecule has 7 unspecified atom stereocenters. The van der Waals surface area contributed by atoms with Crippen LogP contribution in [-0.2, 0) is 14.4 Å². The number of piperidine rings is 2. The second-order valence-corrected chi connectivity index (χ2v) is 12.2. The molecule has 6 fully saturated rings. The third-order valence-corrected chi connectivity index (χ3v) is 10.0. The number of likely N-dealkylation sites (tertiary alicyclic amines) is 2. The number of nitrogens with zero attached hydrogens (tertiary/aromatic N) is 2. The van der Waals surface area contributed by atoms with Crippen LogP contribution in [0.3, 0.4) is 0 Å². The Bertz CT molecular complexity index is 720. The minimum absolute atomic E-state index is 0.0573. The van der Waals surface area contributed by atoms with Crippen molar-refractivity contribution in [1.29, 1.82) is 0 Å². The molecule has 0 bridgehead atoms. The molecule has 1 saturated carbocycles. The zero-order chi connectivity index (χ0) is 23.8. The monoisotopic (exact) mass is 491 g/mol. The van der Waals surface area contributed by atoms with Gasteiger partial charge in [0.15, 0.2) is 0 Å². The van der Waals surface area contributed by atoms with Gasteiger partial charge in [-0.25, -0.2) is 0 Å². The van der Waals surface area contributed by atoms with Crippen molar-refractivity contribution in [2.45, 2.75) is 107 Å².